The Bertz CT molecular complexity index is 829. The summed E-state index contributed by atoms with van der Waals surface area (Å²) in [6.45, 7) is 2.98. The minimum Gasteiger partial charge on any atom is -0.368 e. The summed E-state index contributed by atoms with van der Waals surface area (Å²) in [5.41, 5.74) is 2.08. The zero-order valence-corrected chi connectivity index (χ0v) is 14.3. The van der Waals surface area contributed by atoms with Crippen molar-refractivity contribution < 1.29 is 4.79 Å². The molecule has 2 heterocycles. The minimum absolute atomic E-state index is 0.0243. The van der Waals surface area contributed by atoms with Crippen LogP contribution in [0.1, 0.15) is 11.6 Å². The number of amides is 1. The summed E-state index contributed by atoms with van der Waals surface area (Å²) in [6.07, 6.45) is 1.50. The summed E-state index contributed by atoms with van der Waals surface area (Å²) in [7, 11) is 0. The van der Waals surface area contributed by atoms with E-state index in [9.17, 15) is 4.79 Å². The third-order valence-corrected chi connectivity index (χ3v) is 4.69. The number of carbonyl (C=O) groups excluding carboxylic acids is 1. The Morgan fingerprint density at radius 1 is 0.885 bits per heavy atom. The molecule has 1 fully saturated rings. The van der Waals surface area contributed by atoms with E-state index in [4.69, 9.17) is 0 Å². The number of carbonyl (C=O) groups is 1. The second kappa shape index (κ2) is 7.35. The van der Waals surface area contributed by atoms with E-state index in [1.807, 2.05) is 53.4 Å². The maximum Gasteiger partial charge on any atom is 0.252 e. The molecule has 0 aliphatic carbocycles. The quantitative estimate of drug-likeness (QED) is 0.717. The van der Waals surface area contributed by atoms with Crippen molar-refractivity contribution in [2.24, 2.45) is 0 Å². The van der Waals surface area contributed by atoms with Gasteiger partial charge in [0.1, 0.15) is 6.33 Å². The molecule has 0 unspecified atom stereocenters. The number of rotatable bonds is 4. The molecule has 1 amide bonds. The number of aromatic nitrogens is 4. The first-order valence-electron chi connectivity index (χ1n) is 8.69. The highest BCUT2D eigenvalue weighted by molar-refractivity contribution is 5.83. The van der Waals surface area contributed by atoms with Crippen molar-refractivity contribution in [3.63, 3.8) is 0 Å². The Labute approximate surface area is 151 Å². The number of hydrogen-bond donors (Lipinski definition) is 0. The minimum atomic E-state index is -0.533. The van der Waals surface area contributed by atoms with E-state index in [-0.39, 0.29) is 5.91 Å². The lowest BCUT2D eigenvalue weighted by Gasteiger charge is -2.37. The molecule has 3 aromatic rings. The molecule has 1 atom stereocenters. The van der Waals surface area contributed by atoms with Crippen LogP contribution in [-0.4, -0.2) is 57.2 Å². The largest absolute Gasteiger partial charge is 0.368 e. The van der Waals surface area contributed by atoms with Crippen LogP contribution in [0.15, 0.2) is 67.0 Å². The molecule has 2 aromatic carbocycles. The molecular weight excluding hydrogens is 328 g/mol. The molecular formula is C19H20N6O. The van der Waals surface area contributed by atoms with E-state index >= 15 is 0 Å². The van der Waals surface area contributed by atoms with Crippen molar-refractivity contribution in [2.45, 2.75) is 6.04 Å². The number of nitrogens with zero attached hydrogens (tertiary/aromatic N) is 6. The van der Waals surface area contributed by atoms with Gasteiger partial charge in [-0.2, -0.15) is 0 Å². The van der Waals surface area contributed by atoms with Crippen molar-refractivity contribution >= 4 is 11.6 Å². The topological polar surface area (TPSA) is 67.2 Å². The number of piperazine rings is 1. The van der Waals surface area contributed by atoms with Crippen LogP contribution in [-0.2, 0) is 4.79 Å². The number of para-hydroxylation sites is 1. The second-order valence-corrected chi connectivity index (χ2v) is 6.25. The number of benzene rings is 2. The van der Waals surface area contributed by atoms with E-state index in [1.54, 1.807) is 0 Å². The first kappa shape index (κ1) is 16.3. The van der Waals surface area contributed by atoms with Gasteiger partial charge in [0.25, 0.3) is 5.91 Å². The Morgan fingerprint density at radius 3 is 2.15 bits per heavy atom. The maximum atomic E-state index is 13.2. The van der Waals surface area contributed by atoms with E-state index in [0.717, 1.165) is 18.7 Å². The van der Waals surface area contributed by atoms with Crippen molar-refractivity contribution in [1.29, 1.82) is 0 Å². The molecule has 132 valence electrons. The monoisotopic (exact) mass is 348 g/mol. The van der Waals surface area contributed by atoms with E-state index in [0.29, 0.717) is 13.1 Å². The zero-order valence-electron chi connectivity index (χ0n) is 14.3. The SMILES string of the molecule is O=C([C@@H](c1ccccc1)n1cnnn1)N1CCN(c2ccccc2)CC1. The highest BCUT2D eigenvalue weighted by Gasteiger charge is 2.30. The van der Waals surface area contributed by atoms with Gasteiger partial charge in [0.15, 0.2) is 6.04 Å². The van der Waals surface area contributed by atoms with Gasteiger partial charge < -0.3 is 9.80 Å². The summed E-state index contributed by atoms with van der Waals surface area (Å²) in [4.78, 5) is 17.4. The van der Waals surface area contributed by atoms with Crippen molar-refractivity contribution in [1.82, 2.24) is 25.1 Å². The van der Waals surface area contributed by atoms with Gasteiger partial charge in [0.2, 0.25) is 0 Å². The molecule has 0 spiro atoms. The molecule has 0 bridgehead atoms. The predicted octanol–water partition coefficient (Wildman–Crippen LogP) is 1.61. The molecule has 4 rings (SSSR count). The third kappa shape index (κ3) is 3.28. The van der Waals surface area contributed by atoms with E-state index in [2.05, 4.69) is 32.6 Å². The summed E-state index contributed by atoms with van der Waals surface area (Å²) in [5.74, 6) is 0.0243. The molecule has 1 saturated heterocycles. The van der Waals surface area contributed by atoms with Crippen molar-refractivity contribution in [2.75, 3.05) is 31.1 Å². The van der Waals surface area contributed by atoms with Gasteiger partial charge in [-0.05, 0) is 28.1 Å². The Hall–Kier alpha value is -3.22. The molecule has 1 aromatic heterocycles. The molecule has 0 N–H and O–H groups in total. The molecule has 7 heteroatoms. The van der Waals surface area contributed by atoms with Crippen LogP contribution < -0.4 is 4.90 Å². The Kier molecular flexibility index (Phi) is 4.59. The van der Waals surface area contributed by atoms with Crippen molar-refractivity contribution in [3.8, 4) is 0 Å². The maximum absolute atomic E-state index is 13.2. The number of anilines is 1. The van der Waals surface area contributed by atoms with E-state index in [1.165, 1.54) is 16.7 Å². The van der Waals surface area contributed by atoms with E-state index < -0.39 is 6.04 Å². The lowest BCUT2D eigenvalue weighted by atomic mass is 10.1. The second-order valence-electron chi connectivity index (χ2n) is 6.25. The fraction of sp³-hybridized carbons (Fsp3) is 0.263. The van der Waals surface area contributed by atoms with Crippen LogP contribution in [0.2, 0.25) is 0 Å². The molecule has 26 heavy (non-hydrogen) atoms. The summed E-state index contributed by atoms with van der Waals surface area (Å²) >= 11 is 0. The van der Waals surface area contributed by atoms with Crippen LogP contribution in [0.5, 0.6) is 0 Å². The average Bonchev–Trinajstić information content (AvgIpc) is 3.24. The number of tetrazole rings is 1. The normalized spacial score (nSPS) is 15.7. The van der Waals surface area contributed by atoms with Crippen LogP contribution in [0, 0.1) is 0 Å². The summed E-state index contributed by atoms with van der Waals surface area (Å²) in [5, 5.41) is 11.4. The third-order valence-electron chi connectivity index (χ3n) is 4.69. The van der Waals surface area contributed by atoms with Crippen LogP contribution in [0.25, 0.3) is 0 Å². The standard InChI is InChI=1S/C19H20N6O/c26-19(18(25-15-20-21-22-25)16-7-3-1-4-8-16)24-13-11-23(12-14-24)17-9-5-2-6-10-17/h1-10,15,18H,11-14H2/t18-/m1/s1. The first-order chi connectivity index (χ1) is 12.8. The summed E-state index contributed by atoms with van der Waals surface area (Å²) in [6, 6.07) is 19.4. The van der Waals surface area contributed by atoms with Gasteiger partial charge in [-0.1, -0.05) is 48.5 Å². The van der Waals surface area contributed by atoms with Gasteiger partial charge in [-0.3, -0.25) is 4.79 Å². The Morgan fingerprint density at radius 2 is 1.54 bits per heavy atom. The highest BCUT2D eigenvalue weighted by atomic mass is 16.2. The average molecular weight is 348 g/mol. The summed E-state index contributed by atoms with van der Waals surface area (Å²) < 4.78 is 1.53. The van der Waals surface area contributed by atoms with Gasteiger partial charge in [0, 0.05) is 31.9 Å². The van der Waals surface area contributed by atoms with Crippen LogP contribution >= 0.6 is 0 Å². The first-order valence-corrected chi connectivity index (χ1v) is 8.69. The zero-order chi connectivity index (χ0) is 17.8. The molecule has 7 nitrogen and oxygen atoms in total. The Balaban J connectivity index is 1.51. The van der Waals surface area contributed by atoms with Crippen molar-refractivity contribution in [3.05, 3.63) is 72.6 Å². The highest BCUT2D eigenvalue weighted by Crippen LogP contribution is 2.22. The molecule has 0 radical (unpaired) electrons. The fourth-order valence-electron chi connectivity index (χ4n) is 3.33. The molecule has 1 aliphatic rings. The fourth-order valence-corrected chi connectivity index (χ4v) is 3.33. The predicted molar refractivity (Wildman–Crippen MR) is 97.6 cm³/mol. The molecule has 1 aliphatic heterocycles. The van der Waals surface area contributed by atoms with Gasteiger partial charge >= 0.3 is 0 Å². The smallest absolute Gasteiger partial charge is 0.252 e. The lowest BCUT2D eigenvalue weighted by molar-refractivity contribution is -0.134. The van der Waals surface area contributed by atoms with Crippen LogP contribution in [0.4, 0.5) is 5.69 Å². The number of hydrogen-bond acceptors (Lipinski definition) is 5. The van der Waals surface area contributed by atoms with Crippen LogP contribution in [0.3, 0.4) is 0 Å². The lowest BCUT2D eigenvalue weighted by Crippen LogP contribution is -2.50. The molecule has 0 saturated carbocycles. The van der Waals surface area contributed by atoms with Gasteiger partial charge in [0.05, 0.1) is 0 Å². The van der Waals surface area contributed by atoms with Gasteiger partial charge in [-0.15, -0.1) is 5.10 Å². The van der Waals surface area contributed by atoms with Gasteiger partial charge in [-0.25, -0.2) is 4.68 Å².